The van der Waals surface area contributed by atoms with Gasteiger partial charge in [0.2, 0.25) is 6.19 Å². The lowest BCUT2D eigenvalue weighted by Crippen LogP contribution is -2.04. The summed E-state index contributed by atoms with van der Waals surface area (Å²) in [6.07, 6.45) is 7.51. The second-order valence-electron chi connectivity index (χ2n) is 3.63. The zero-order valence-electron chi connectivity index (χ0n) is 14.1. The number of H-pyrrole nitrogens is 1. The maximum absolute atomic E-state index is 8.69. The van der Waals surface area contributed by atoms with Crippen molar-refractivity contribution in [1.29, 1.82) is 15.8 Å². The summed E-state index contributed by atoms with van der Waals surface area (Å²) in [5.41, 5.74) is 10.7. The van der Waals surface area contributed by atoms with Crippen LogP contribution in [0.15, 0.2) is 10.0 Å². The van der Waals surface area contributed by atoms with E-state index >= 15 is 0 Å². The van der Waals surface area contributed by atoms with Crippen LogP contribution in [-0.4, -0.2) is 38.1 Å². The molecule has 0 aliphatic heterocycles. The molecule has 13 heteroatoms. The van der Waals surface area contributed by atoms with E-state index in [-0.39, 0.29) is 17.4 Å². The quantitative estimate of drug-likeness (QED) is 0.153. The maximum Gasteiger partial charge on any atom is 0.207 e. The number of nitrogens with one attached hydrogen (secondary N) is 1. The van der Waals surface area contributed by atoms with Crippen molar-refractivity contribution in [2.45, 2.75) is 11.4 Å². The van der Waals surface area contributed by atoms with Crippen LogP contribution in [0.2, 0.25) is 0 Å². The van der Waals surface area contributed by atoms with Gasteiger partial charge < -0.3 is 16.5 Å². The third-order valence-electron chi connectivity index (χ3n) is 1.95. The van der Waals surface area contributed by atoms with Crippen molar-refractivity contribution < 1.29 is 0 Å². The standard InChI is InChI=1S/C6H6N4S2.C4H6N2S2.C3H4N2S/c1-12-5-3(2-7)4(11)9-6(8)10-5;1-7-4(8-2)6-3-5;4-2-1-3(5)6/h1H3,(H3,8,9,10,11);1-2H3;1H2,(H2,5,6). The van der Waals surface area contributed by atoms with E-state index in [2.05, 4.69) is 27.2 Å². The molecule has 8 nitrogen and oxygen atoms in total. The van der Waals surface area contributed by atoms with Crippen LogP contribution in [-0.2, 0) is 0 Å². The lowest BCUT2D eigenvalue weighted by molar-refractivity contribution is 1.04. The molecule has 0 saturated carbocycles. The smallest absolute Gasteiger partial charge is 0.207 e. The van der Waals surface area contributed by atoms with Gasteiger partial charge in [0.25, 0.3) is 0 Å². The van der Waals surface area contributed by atoms with Crippen molar-refractivity contribution in [3.8, 4) is 18.3 Å². The first-order valence-corrected chi connectivity index (χ1v) is 10.8. The first-order chi connectivity index (χ1) is 12.3. The predicted octanol–water partition coefficient (Wildman–Crippen LogP) is 3.05. The molecule has 0 unspecified atom stereocenters. The highest BCUT2D eigenvalue weighted by Crippen LogP contribution is 2.17. The second kappa shape index (κ2) is 16.6. The first-order valence-electron chi connectivity index (χ1n) is 6.35. The molecule has 0 aromatic carbocycles. The van der Waals surface area contributed by atoms with Crippen LogP contribution in [0.4, 0.5) is 5.95 Å². The zero-order chi connectivity index (χ0) is 20.5. The fourth-order valence-electron chi connectivity index (χ4n) is 1.01. The lowest BCUT2D eigenvalue weighted by atomic mass is 10.4. The molecule has 0 saturated heterocycles. The number of aromatic nitrogens is 2. The molecule has 0 spiro atoms. The van der Waals surface area contributed by atoms with Gasteiger partial charge in [-0.15, -0.1) is 35.3 Å². The Bertz CT molecular complexity index is 791. The highest BCUT2D eigenvalue weighted by Gasteiger charge is 2.05. The highest BCUT2D eigenvalue weighted by atomic mass is 32.2. The topological polar surface area (TPSA) is 164 Å². The van der Waals surface area contributed by atoms with Crippen molar-refractivity contribution in [3.63, 3.8) is 0 Å². The van der Waals surface area contributed by atoms with Crippen molar-refractivity contribution in [3.05, 3.63) is 10.2 Å². The van der Waals surface area contributed by atoms with Gasteiger partial charge in [0.05, 0.1) is 17.5 Å². The highest BCUT2D eigenvalue weighted by molar-refractivity contribution is 8.38. The molecular weight excluding hydrogens is 429 g/mol. The molecule has 0 aliphatic carbocycles. The summed E-state index contributed by atoms with van der Waals surface area (Å²) in [4.78, 5) is 10.3. The summed E-state index contributed by atoms with van der Waals surface area (Å²) in [6, 6.07) is 3.77. The fourth-order valence-corrected chi connectivity index (χ4v) is 2.86. The largest absolute Gasteiger partial charge is 0.392 e. The van der Waals surface area contributed by atoms with Crippen LogP contribution >= 0.6 is 59.7 Å². The molecule has 1 aromatic heterocycles. The molecule has 0 fully saturated rings. The fraction of sp³-hybridized carbons (Fsp3) is 0.308. The molecule has 1 rings (SSSR count). The average Bonchev–Trinajstić information content (AvgIpc) is 2.60. The number of nitriles is 3. The Morgan fingerprint density at radius 3 is 2.12 bits per heavy atom. The molecular formula is C13H16N8S5. The summed E-state index contributed by atoms with van der Waals surface area (Å²) in [5.74, 6) is 0.239. The number of nitrogen functional groups attached to an aromatic ring is 1. The minimum Gasteiger partial charge on any atom is -0.392 e. The van der Waals surface area contributed by atoms with E-state index in [1.165, 1.54) is 35.3 Å². The molecule has 5 N–H and O–H groups in total. The first kappa shape index (κ1) is 26.4. The van der Waals surface area contributed by atoms with Crippen LogP contribution < -0.4 is 11.5 Å². The number of rotatable bonds is 2. The van der Waals surface area contributed by atoms with Gasteiger partial charge >= 0.3 is 0 Å². The Kier molecular flexibility index (Phi) is 16.9. The Morgan fingerprint density at radius 2 is 1.85 bits per heavy atom. The Morgan fingerprint density at radius 1 is 1.27 bits per heavy atom. The van der Waals surface area contributed by atoms with Crippen molar-refractivity contribution in [2.24, 2.45) is 10.7 Å². The van der Waals surface area contributed by atoms with Crippen LogP contribution in [0, 0.1) is 38.8 Å². The van der Waals surface area contributed by atoms with Crippen LogP contribution in [0.25, 0.3) is 0 Å². The number of nitrogens with two attached hydrogens (primary N) is 2. The van der Waals surface area contributed by atoms with Gasteiger partial charge in [-0.1, -0.05) is 24.4 Å². The number of thioether (sulfide) groups is 3. The number of aliphatic imine (C=N–C) groups is 1. The number of anilines is 1. The Labute approximate surface area is 175 Å². The van der Waals surface area contributed by atoms with Crippen molar-refractivity contribution >= 4 is 75.0 Å². The van der Waals surface area contributed by atoms with E-state index in [4.69, 9.17) is 39.5 Å². The number of hydrogen-bond donors (Lipinski definition) is 3. The number of aromatic amines is 1. The summed E-state index contributed by atoms with van der Waals surface area (Å²) < 4.78 is 1.15. The van der Waals surface area contributed by atoms with Gasteiger partial charge in [0.1, 0.15) is 25.7 Å². The van der Waals surface area contributed by atoms with Gasteiger partial charge in [-0.05, 0) is 18.8 Å². The van der Waals surface area contributed by atoms with Crippen LogP contribution in [0.5, 0.6) is 0 Å². The summed E-state index contributed by atoms with van der Waals surface area (Å²) in [6.45, 7) is 0. The molecule has 0 bridgehead atoms. The van der Waals surface area contributed by atoms with E-state index in [0.717, 1.165) is 4.38 Å². The normalized spacial score (nSPS) is 8.15. The van der Waals surface area contributed by atoms with Crippen LogP contribution in [0.3, 0.4) is 0 Å². The monoisotopic (exact) mass is 444 g/mol. The molecule has 1 heterocycles. The van der Waals surface area contributed by atoms with E-state index < -0.39 is 0 Å². The molecule has 0 aliphatic rings. The predicted molar refractivity (Wildman–Crippen MR) is 117 cm³/mol. The third kappa shape index (κ3) is 12.5. The number of thiocarbonyl (C=S) groups is 1. The van der Waals surface area contributed by atoms with Crippen molar-refractivity contribution in [1.82, 2.24) is 9.97 Å². The van der Waals surface area contributed by atoms with Crippen LogP contribution in [0.1, 0.15) is 12.0 Å². The van der Waals surface area contributed by atoms with E-state index in [1.807, 2.05) is 24.8 Å². The van der Waals surface area contributed by atoms with Gasteiger partial charge in [0, 0.05) is 0 Å². The SMILES string of the molecule is CSC(=NC#N)SC.CSc1nc(N)[nH]c(=S)c1C#N.N#CCC(N)=S. The molecule has 0 amide bonds. The van der Waals surface area contributed by atoms with E-state index in [0.29, 0.717) is 15.2 Å². The van der Waals surface area contributed by atoms with Gasteiger partial charge in [0.15, 0.2) is 5.95 Å². The minimum absolute atomic E-state index is 0.190. The number of nitrogens with zero attached hydrogens (tertiary/aromatic N) is 5. The van der Waals surface area contributed by atoms with Gasteiger partial charge in [-0.25, -0.2) is 4.98 Å². The molecule has 26 heavy (non-hydrogen) atoms. The minimum atomic E-state index is 0.190. The van der Waals surface area contributed by atoms with Gasteiger partial charge in [-0.2, -0.15) is 20.8 Å². The Balaban J connectivity index is 0. The molecule has 138 valence electrons. The molecule has 0 atom stereocenters. The average molecular weight is 445 g/mol. The maximum atomic E-state index is 8.69. The zero-order valence-corrected chi connectivity index (χ0v) is 18.2. The second-order valence-corrected chi connectivity index (χ2v) is 7.21. The molecule has 1 aromatic rings. The van der Waals surface area contributed by atoms with E-state index in [9.17, 15) is 0 Å². The Hall–Kier alpha value is -1.82. The molecule has 0 radical (unpaired) electrons. The number of hydrogen-bond acceptors (Lipinski definition) is 11. The van der Waals surface area contributed by atoms with Gasteiger partial charge in [-0.3, -0.25) is 0 Å². The lowest BCUT2D eigenvalue weighted by Gasteiger charge is -1.99. The van der Waals surface area contributed by atoms with Crippen molar-refractivity contribution in [2.75, 3.05) is 24.5 Å². The summed E-state index contributed by atoms with van der Waals surface area (Å²) >= 11 is 13.5. The summed E-state index contributed by atoms with van der Waals surface area (Å²) in [7, 11) is 0. The summed E-state index contributed by atoms with van der Waals surface area (Å²) in [5, 5.41) is 25.1. The third-order valence-corrected chi connectivity index (χ3v) is 4.97. The van der Waals surface area contributed by atoms with E-state index in [1.54, 1.807) is 12.3 Å².